The molecule has 1 amide bonds. The molecule has 1 saturated heterocycles. The lowest BCUT2D eigenvalue weighted by molar-refractivity contribution is 0.0239. The maximum Gasteiger partial charge on any atom is 0.410 e. The Morgan fingerprint density at radius 2 is 1.96 bits per heavy atom. The van der Waals surface area contributed by atoms with Gasteiger partial charge in [0.05, 0.1) is 17.6 Å². The average Bonchev–Trinajstić information content (AvgIpc) is 2.85. The average molecular weight is 390 g/mol. The number of carbonyl (C=O) groups excluding carboxylic acids is 1. The number of hydrogen-bond acceptors (Lipinski definition) is 4. The standard InChI is InChI=1S/C16H21BrFNO4/c1-16(2,3)23-15(20)19-8-12(21-4)13(9-19)22-11-7-5-6-10(17)14(11)18/h5-7,12-13H,8-9H2,1-4H3. The van der Waals surface area contributed by atoms with Crippen LogP contribution in [0.25, 0.3) is 0 Å². The van der Waals surface area contributed by atoms with Crippen LogP contribution in [0, 0.1) is 5.82 Å². The molecule has 1 heterocycles. The molecule has 0 radical (unpaired) electrons. The highest BCUT2D eigenvalue weighted by Crippen LogP contribution is 2.28. The Morgan fingerprint density at radius 3 is 2.57 bits per heavy atom. The summed E-state index contributed by atoms with van der Waals surface area (Å²) in [4.78, 5) is 13.7. The highest BCUT2D eigenvalue weighted by atomic mass is 79.9. The summed E-state index contributed by atoms with van der Waals surface area (Å²) < 4.78 is 30.8. The van der Waals surface area contributed by atoms with Gasteiger partial charge in [-0.1, -0.05) is 6.07 Å². The number of likely N-dealkylation sites (tertiary alicyclic amines) is 1. The van der Waals surface area contributed by atoms with Gasteiger partial charge >= 0.3 is 6.09 Å². The van der Waals surface area contributed by atoms with Crippen LogP contribution in [0.4, 0.5) is 9.18 Å². The van der Waals surface area contributed by atoms with E-state index in [9.17, 15) is 9.18 Å². The van der Waals surface area contributed by atoms with Crippen molar-refractivity contribution in [2.24, 2.45) is 0 Å². The zero-order chi connectivity index (χ0) is 17.2. The fourth-order valence-electron chi connectivity index (χ4n) is 2.30. The summed E-state index contributed by atoms with van der Waals surface area (Å²) in [5.74, 6) is -0.351. The number of carbonyl (C=O) groups is 1. The maximum absolute atomic E-state index is 14.0. The summed E-state index contributed by atoms with van der Waals surface area (Å²) >= 11 is 3.12. The molecule has 1 fully saturated rings. The molecule has 23 heavy (non-hydrogen) atoms. The number of methoxy groups -OCH3 is 1. The molecule has 0 saturated carbocycles. The predicted octanol–water partition coefficient (Wildman–Crippen LogP) is 3.60. The van der Waals surface area contributed by atoms with E-state index in [4.69, 9.17) is 14.2 Å². The summed E-state index contributed by atoms with van der Waals surface area (Å²) in [5, 5.41) is 0. The Kier molecular flexibility index (Phi) is 5.52. The third kappa shape index (κ3) is 4.57. The monoisotopic (exact) mass is 389 g/mol. The molecule has 0 bridgehead atoms. The molecule has 0 aliphatic carbocycles. The minimum Gasteiger partial charge on any atom is -0.483 e. The fraction of sp³-hybridized carbons (Fsp3) is 0.562. The summed E-state index contributed by atoms with van der Waals surface area (Å²) in [7, 11) is 1.54. The molecular formula is C16H21BrFNO4. The van der Waals surface area contributed by atoms with Gasteiger partial charge in [-0.2, -0.15) is 0 Å². The van der Waals surface area contributed by atoms with E-state index in [1.165, 1.54) is 12.0 Å². The molecule has 1 aliphatic heterocycles. The van der Waals surface area contributed by atoms with Crippen LogP contribution in [0.2, 0.25) is 0 Å². The smallest absolute Gasteiger partial charge is 0.410 e. The first-order chi connectivity index (χ1) is 10.7. The van der Waals surface area contributed by atoms with Gasteiger partial charge in [-0.05, 0) is 48.8 Å². The van der Waals surface area contributed by atoms with E-state index in [1.807, 2.05) is 0 Å². The SMILES string of the molecule is COC1CN(C(=O)OC(C)(C)C)CC1Oc1cccc(Br)c1F. The van der Waals surface area contributed by atoms with Gasteiger partial charge in [-0.15, -0.1) is 0 Å². The Labute approximate surface area is 143 Å². The molecule has 7 heteroatoms. The molecule has 2 rings (SSSR count). The van der Waals surface area contributed by atoms with Crippen molar-refractivity contribution in [2.45, 2.75) is 38.6 Å². The molecule has 128 valence electrons. The van der Waals surface area contributed by atoms with Crippen LogP contribution in [0.1, 0.15) is 20.8 Å². The van der Waals surface area contributed by atoms with Gasteiger partial charge < -0.3 is 19.1 Å². The number of rotatable bonds is 3. The Bertz CT molecular complexity index is 576. The zero-order valence-corrected chi connectivity index (χ0v) is 15.2. The van der Waals surface area contributed by atoms with Crippen LogP contribution < -0.4 is 4.74 Å². The van der Waals surface area contributed by atoms with Crippen molar-refractivity contribution in [3.05, 3.63) is 28.5 Å². The Hall–Kier alpha value is -1.34. The van der Waals surface area contributed by atoms with Crippen LogP contribution in [0.3, 0.4) is 0 Å². The normalized spacial score (nSPS) is 21.4. The first-order valence-corrected chi connectivity index (χ1v) is 8.12. The number of hydrogen-bond donors (Lipinski definition) is 0. The van der Waals surface area contributed by atoms with Gasteiger partial charge in [0.2, 0.25) is 0 Å². The van der Waals surface area contributed by atoms with Crippen LogP contribution >= 0.6 is 15.9 Å². The molecule has 5 nitrogen and oxygen atoms in total. The van der Waals surface area contributed by atoms with Crippen molar-refractivity contribution in [3.63, 3.8) is 0 Å². The molecule has 0 N–H and O–H groups in total. The first kappa shape index (κ1) is 18.0. The molecule has 2 atom stereocenters. The van der Waals surface area contributed by atoms with Crippen molar-refractivity contribution in [1.82, 2.24) is 4.90 Å². The third-order valence-corrected chi connectivity index (χ3v) is 3.98. The van der Waals surface area contributed by atoms with E-state index in [2.05, 4.69) is 15.9 Å². The lowest BCUT2D eigenvalue weighted by atomic mass is 10.2. The van der Waals surface area contributed by atoms with Gasteiger partial charge in [-0.25, -0.2) is 9.18 Å². The molecule has 0 spiro atoms. The molecule has 0 aromatic heterocycles. The predicted molar refractivity (Wildman–Crippen MR) is 87.1 cm³/mol. The van der Waals surface area contributed by atoms with E-state index < -0.39 is 23.6 Å². The van der Waals surface area contributed by atoms with Gasteiger partial charge in [-0.3, -0.25) is 0 Å². The summed E-state index contributed by atoms with van der Waals surface area (Å²) in [6.07, 6.45) is -1.24. The largest absolute Gasteiger partial charge is 0.483 e. The van der Waals surface area contributed by atoms with Crippen LogP contribution in [-0.4, -0.2) is 49.0 Å². The molecule has 1 aromatic carbocycles. The van der Waals surface area contributed by atoms with E-state index >= 15 is 0 Å². The minimum absolute atomic E-state index is 0.123. The Morgan fingerprint density at radius 1 is 1.30 bits per heavy atom. The molecular weight excluding hydrogens is 369 g/mol. The Balaban J connectivity index is 2.07. The van der Waals surface area contributed by atoms with Crippen LogP contribution in [-0.2, 0) is 9.47 Å². The number of benzene rings is 1. The maximum atomic E-state index is 14.0. The first-order valence-electron chi connectivity index (χ1n) is 7.32. The van der Waals surface area contributed by atoms with Crippen molar-refractivity contribution >= 4 is 22.0 Å². The quantitative estimate of drug-likeness (QED) is 0.792. The van der Waals surface area contributed by atoms with Crippen molar-refractivity contribution in [1.29, 1.82) is 0 Å². The van der Waals surface area contributed by atoms with Gasteiger partial charge in [0.25, 0.3) is 0 Å². The van der Waals surface area contributed by atoms with Gasteiger partial charge in [0.1, 0.15) is 17.8 Å². The summed E-state index contributed by atoms with van der Waals surface area (Å²) in [5.41, 5.74) is -0.574. The van der Waals surface area contributed by atoms with Gasteiger partial charge in [0, 0.05) is 7.11 Å². The van der Waals surface area contributed by atoms with E-state index in [-0.39, 0.29) is 18.4 Å². The molecule has 1 aromatic rings. The summed E-state index contributed by atoms with van der Waals surface area (Å²) in [6, 6.07) is 4.82. The zero-order valence-electron chi connectivity index (χ0n) is 13.6. The highest BCUT2D eigenvalue weighted by Gasteiger charge is 2.39. The fourth-order valence-corrected chi connectivity index (χ4v) is 2.65. The van der Waals surface area contributed by atoms with E-state index in [0.717, 1.165) is 0 Å². The highest BCUT2D eigenvalue weighted by molar-refractivity contribution is 9.10. The number of amides is 1. The number of ether oxygens (including phenoxy) is 3. The number of nitrogens with zero attached hydrogens (tertiary/aromatic N) is 1. The second-order valence-electron chi connectivity index (χ2n) is 6.37. The second kappa shape index (κ2) is 7.05. The van der Waals surface area contributed by atoms with Gasteiger partial charge in [0.15, 0.2) is 11.6 Å². The third-order valence-electron chi connectivity index (χ3n) is 3.36. The number of halogens is 2. The second-order valence-corrected chi connectivity index (χ2v) is 7.22. The van der Waals surface area contributed by atoms with Crippen LogP contribution in [0.15, 0.2) is 22.7 Å². The lowest BCUT2D eigenvalue weighted by Gasteiger charge is -2.24. The molecule has 2 unspecified atom stereocenters. The topological polar surface area (TPSA) is 48.0 Å². The van der Waals surface area contributed by atoms with E-state index in [1.54, 1.807) is 39.0 Å². The van der Waals surface area contributed by atoms with Crippen LogP contribution in [0.5, 0.6) is 5.75 Å². The lowest BCUT2D eigenvalue weighted by Crippen LogP contribution is -2.36. The van der Waals surface area contributed by atoms with Crippen molar-refractivity contribution in [2.75, 3.05) is 20.2 Å². The molecule has 1 aliphatic rings. The minimum atomic E-state index is -0.574. The van der Waals surface area contributed by atoms with Crippen molar-refractivity contribution in [3.8, 4) is 5.75 Å². The van der Waals surface area contributed by atoms with Crippen molar-refractivity contribution < 1.29 is 23.4 Å². The summed E-state index contributed by atoms with van der Waals surface area (Å²) in [6.45, 7) is 6.03. The van der Waals surface area contributed by atoms with E-state index in [0.29, 0.717) is 11.0 Å².